The van der Waals surface area contributed by atoms with Crippen LogP contribution >= 0.6 is 0 Å². The summed E-state index contributed by atoms with van der Waals surface area (Å²) in [6.07, 6.45) is 0. The molecule has 0 saturated heterocycles. The van der Waals surface area contributed by atoms with Crippen LogP contribution in [0.15, 0.2) is 72.8 Å². The molecule has 2 N–H and O–H groups in total. The Morgan fingerprint density at radius 2 is 1.67 bits per heavy atom. The van der Waals surface area contributed by atoms with Crippen molar-refractivity contribution >= 4 is 28.6 Å². The van der Waals surface area contributed by atoms with Crippen LogP contribution in [0.2, 0.25) is 0 Å². The molecule has 3 aromatic carbocycles. The average Bonchev–Trinajstić information content (AvgIpc) is 2.82. The van der Waals surface area contributed by atoms with Crippen molar-refractivity contribution in [2.75, 3.05) is 24.8 Å². The number of benzene rings is 3. The van der Waals surface area contributed by atoms with Crippen LogP contribution in [0.25, 0.3) is 22.0 Å². The van der Waals surface area contributed by atoms with Gasteiger partial charge in [-0.05, 0) is 34.9 Å². The van der Waals surface area contributed by atoms with E-state index in [1.807, 2.05) is 66.7 Å². The van der Waals surface area contributed by atoms with E-state index in [1.54, 1.807) is 13.1 Å². The van der Waals surface area contributed by atoms with E-state index in [2.05, 4.69) is 20.6 Å². The Morgan fingerprint density at radius 3 is 2.43 bits per heavy atom. The Labute approximate surface area is 175 Å². The molecule has 6 heteroatoms. The highest BCUT2D eigenvalue weighted by atomic mass is 16.5. The number of methoxy groups -OCH3 is 1. The minimum atomic E-state index is -0.340. The minimum absolute atomic E-state index is 0.340. The van der Waals surface area contributed by atoms with Gasteiger partial charge in [0.1, 0.15) is 5.82 Å². The van der Waals surface area contributed by atoms with Crippen LogP contribution < -0.4 is 10.6 Å². The minimum Gasteiger partial charge on any atom is -0.465 e. The third-order valence-electron chi connectivity index (χ3n) is 4.88. The number of rotatable bonds is 6. The summed E-state index contributed by atoms with van der Waals surface area (Å²) in [7, 11) is 3.20. The molecule has 1 aromatic heterocycles. The van der Waals surface area contributed by atoms with Gasteiger partial charge < -0.3 is 15.4 Å². The van der Waals surface area contributed by atoms with Crippen LogP contribution in [0, 0.1) is 0 Å². The number of anilines is 2. The average molecular weight is 398 g/mol. The number of nitrogens with zero attached hydrogens (tertiary/aromatic N) is 2. The first-order valence-corrected chi connectivity index (χ1v) is 9.64. The van der Waals surface area contributed by atoms with Gasteiger partial charge in [-0.3, -0.25) is 0 Å². The molecule has 150 valence electrons. The molecule has 0 aliphatic heterocycles. The normalized spacial score (nSPS) is 10.6. The summed E-state index contributed by atoms with van der Waals surface area (Å²) >= 11 is 0. The van der Waals surface area contributed by atoms with Crippen LogP contribution in [0.1, 0.15) is 15.9 Å². The number of carbonyl (C=O) groups is 1. The number of nitrogens with one attached hydrogen (secondary N) is 2. The standard InChI is InChI=1S/C24H22N4O2/c1-25-24-27-21-10-6-5-9-20(21)22(28-24)26-15-16-11-13-17(14-12-16)18-7-3-4-8-19(18)23(29)30-2/h3-14H,15H2,1-2H3,(H2,25,26,27,28). The summed E-state index contributed by atoms with van der Waals surface area (Å²) in [6, 6.07) is 23.5. The van der Waals surface area contributed by atoms with Gasteiger partial charge in [0.25, 0.3) is 0 Å². The molecule has 0 aliphatic rings. The predicted octanol–water partition coefficient (Wildman–Crippen LogP) is 4.74. The van der Waals surface area contributed by atoms with Crippen molar-refractivity contribution < 1.29 is 9.53 Å². The Kier molecular flexibility index (Phi) is 5.57. The second-order valence-corrected chi connectivity index (χ2v) is 6.75. The van der Waals surface area contributed by atoms with Crippen molar-refractivity contribution in [3.05, 3.63) is 83.9 Å². The van der Waals surface area contributed by atoms with Gasteiger partial charge in [0, 0.05) is 19.0 Å². The smallest absolute Gasteiger partial charge is 0.338 e. The predicted molar refractivity (Wildman–Crippen MR) is 120 cm³/mol. The van der Waals surface area contributed by atoms with Crippen LogP contribution in [-0.4, -0.2) is 30.1 Å². The number of para-hydroxylation sites is 1. The zero-order valence-electron chi connectivity index (χ0n) is 16.8. The lowest BCUT2D eigenvalue weighted by Gasteiger charge is -2.12. The molecule has 4 rings (SSSR count). The maximum atomic E-state index is 12.0. The molecule has 0 unspecified atom stereocenters. The Morgan fingerprint density at radius 1 is 0.933 bits per heavy atom. The number of fused-ring (bicyclic) bond motifs is 1. The topological polar surface area (TPSA) is 76.1 Å². The molecular weight excluding hydrogens is 376 g/mol. The maximum Gasteiger partial charge on any atom is 0.338 e. The molecule has 30 heavy (non-hydrogen) atoms. The summed E-state index contributed by atoms with van der Waals surface area (Å²) in [6.45, 7) is 0.614. The third-order valence-corrected chi connectivity index (χ3v) is 4.88. The molecule has 0 amide bonds. The molecule has 0 aliphatic carbocycles. The number of aromatic nitrogens is 2. The van der Waals surface area contributed by atoms with Crippen molar-refractivity contribution in [3.8, 4) is 11.1 Å². The summed E-state index contributed by atoms with van der Waals surface area (Å²) in [5, 5.41) is 7.39. The largest absolute Gasteiger partial charge is 0.465 e. The highest BCUT2D eigenvalue weighted by Gasteiger charge is 2.12. The lowest BCUT2D eigenvalue weighted by Crippen LogP contribution is -2.06. The Balaban J connectivity index is 1.56. The SMILES string of the molecule is CNc1nc(NCc2ccc(-c3ccccc3C(=O)OC)cc2)c2ccccc2n1. The molecule has 0 bridgehead atoms. The third kappa shape index (κ3) is 3.93. The van der Waals surface area contributed by atoms with Crippen LogP contribution in [0.4, 0.5) is 11.8 Å². The van der Waals surface area contributed by atoms with Crippen molar-refractivity contribution in [1.82, 2.24) is 9.97 Å². The molecule has 0 atom stereocenters. The lowest BCUT2D eigenvalue weighted by molar-refractivity contribution is 0.0601. The van der Waals surface area contributed by atoms with E-state index < -0.39 is 0 Å². The summed E-state index contributed by atoms with van der Waals surface area (Å²) in [4.78, 5) is 21.1. The fourth-order valence-corrected chi connectivity index (χ4v) is 3.33. The van der Waals surface area contributed by atoms with Crippen molar-refractivity contribution in [3.63, 3.8) is 0 Å². The quantitative estimate of drug-likeness (QED) is 0.457. The second-order valence-electron chi connectivity index (χ2n) is 6.75. The summed E-state index contributed by atoms with van der Waals surface area (Å²) in [5.74, 6) is 1.02. The molecule has 4 aromatic rings. The van der Waals surface area contributed by atoms with E-state index in [9.17, 15) is 4.79 Å². The zero-order chi connectivity index (χ0) is 20.9. The molecule has 1 heterocycles. The van der Waals surface area contributed by atoms with Crippen molar-refractivity contribution in [2.24, 2.45) is 0 Å². The fourth-order valence-electron chi connectivity index (χ4n) is 3.33. The van der Waals surface area contributed by atoms with Gasteiger partial charge in [-0.15, -0.1) is 0 Å². The van der Waals surface area contributed by atoms with E-state index in [4.69, 9.17) is 4.74 Å². The molecule has 0 fully saturated rings. The molecule has 0 radical (unpaired) electrons. The highest BCUT2D eigenvalue weighted by Crippen LogP contribution is 2.26. The van der Waals surface area contributed by atoms with E-state index >= 15 is 0 Å². The highest BCUT2D eigenvalue weighted by molar-refractivity contribution is 5.97. The molecular formula is C24H22N4O2. The van der Waals surface area contributed by atoms with Crippen LogP contribution in [-0.2, 0) is 11.3 Å². The van der Waals surface area contributed by atoms with Gasteiger partial charge in [-0.1, -0.05) is 54.6 Å². The summed E-state index contributed by atoms with van der Waals surface area (Å²) in [5.41, 5.74) is 4.35. The first kappa shape index (κ1) is 19.4. The van der Waals surface area contributed by atoms with Crippen molar-refractivity contribution in [2.45, 2.75) is 6.54 Å². The first-order valence-electron chi connectivity index (χ1n) is 9.64. The number of esters is 1. The van der Waals surface area contributed by atoms with E-state index in [0.29, 0.717) is 18.1 Å². The number of hydrogen-bond donors (Lipinski definition) is 2. The monoisotopic (exact) mass is 398 g/mol. The maximum absolute atomic E-state index is 12.0. The number of hydrogen-bond acceptors (Lipinski definition) is 6. The number of carbonyl (C=O) groups excluding carboxylic acids is 1. The van der Waals surface area contributed by atoms with Crippen molar-refractivity contribution in [1.29, 1.82) is 0 Å². The van der Waals surface area contributed by atoms with Gasteiger partial charge in [-0.25, -0.2) is 9.78 Å². The summed E-state index contributed by atoms with van der Waals surface area (Å²) < 4.78 is 4.90. The first-order chi connectivity index (χ1) is 14.7. The van der Waals surface area contributed by atoms with Gasteiger partial charge >= 0.3 is 5.97 Å². The van der Waals surface area contributed by atoms with Gasteiger partial charge in [-0.2, -0.15) is 4.98 Å². The lowest BCUT2D eigenvalue weighted by atomic mass is 9.98. The van der Waals surface area contributed by atoms with E-state index in [1.165, 1.54) is 7.11 Å². The fraction of sp³-hybridized carbons (Fsp3) is 0.125. The van der Waals surface area contributed by atoms with Crippen LogP contribution in [0.3, 0.4) is 0 Å². The second kappa shape index (κ2) is 8.61. The van der Waals surface area contributed by atoms with E-state index in [0.717, 1.165) is 33.4 Å². The Hall–Kier alpha value is -3.93. The van der Waals surface area contributed by atoms with E-state index in [-0.39, 0.29) is 5.97 Å². The zero-order valence-corrected chi connectivity index (χ0v) is 16.8. The Bertz CT molecular complexity index is 1190. The molecule has 0 saturated carbocycles. The molecule has 0 spiro atoms. The van der Waals surface area contributed by atoms with Gasteiger partial charge in [0.2, 0.25) is 5.95 Å². The number of ether oxygens (including phenoxy) is 1. The van der Waals surface area contributed by atoms with Crippen LogP contribution in [0.5, 0.6) is 0 Å². The van der Waals surface area contributed by atoms with Gasteiger partial charge in [0.05, 0.1) is 18.2 Å². The van der Waals surface area contributed by atoms with Gasteiger partial charge in [0.15, 0.2) is 0 Å². The molecule has 6 nitrogen and oxygen atoms in total.